The Balaban J connectivity index is 2.80. The van der Waals surface area contributed by atoms with Gasteiger partial charge in [-0.1, -0.05) is 28.1 Å². The molecule has 74 valence electrons. The van der Waals surface area contributed by atoms with Gasteiger partial charge >= 0.3 is 0 Å². The highest BCUT2D eigenvalue weighted by atomic mass is 79.9. The van der Waals surface area contributed by atoms with Crippen molar-refractivity contribution in [3.8, 4) is 0 Å². The van der Waals surface area contributed by atoms with Crippen LogP contribution in [0, 0.1) is 0 Å². The van der Waals surface area contributed by atoms with Gasteiger partial charge in [0.25, 0.3) is 0 Å². The molecule has 0 aliphatic carbocycles. The first-order valence-corrected chi connectivity index (χ1v) is 5.29. The van der Waals surface area contributed by atoms with E-state index in [1.54, 1.807) is 0 Å². The summed E-state index contributed by atoms with van der Waals surface area (Å²) in [7, 11) is 0. The Morgan fingerprint density at radius 2 is 1.57 bits per heavy atom. The average Bonchev–Trinajstić information content (AvgIpc) is 2.19. The molecule has 0 N–H and O–H groups in total. The Morgan fingerprint density at radius 3 is 2.00 bits per heavy atom. The quantitative estimate of drug-likeness (QED) is 0.723. The van der Waals surface area contributed by atoms with Gasteiger partial charge in [0.05, 0.1) is 0 Å². The molecule has 1 aromatic rings. The summed E-state index contributed by atoms with van der Waals surface area (Å²) < 4.78 is 1.10. The van der Waals surface area contributed by atoms with Gasteiger partial charge in [0.1, 0.15) is 0 Å². The Morgan fingerprint density at radius 1 is 1.07 bits per heavy atom. The van der Waals surface area contributed by atoms with Crippen molar-refractivity contribution >= 4 is 21.6 Å². The van der Waals surface area contributed by atoms with Gasteiger partial charge in [-0.15, -0.1) is 13.2 Å². The minimum atomic E-state index is 0.841. The summed E-state index contributed by atoms with van der Waals surface area (Å²) in [6, 6.07) is 8.23. The summed E-state index contributed by atoms with van der Waals surface area (Å²) in [4.78, 5) is 2.20. The van der Waals surface area contributed by atoms with E-state index in [-0.39, 0.29) is 0 Å². The number of hydrogen-bond acceptors (Lipinski definition) is 1. The van der Waals surface area contributed by atoms with Gasteiger partial charge in [-0.25, -0.2) is 0 Å². The predicted octanol–water partition coefficient (Wildman–Crippen LogP) is 3.63. The normalized spacial score (nSPS) is 9.50. The first kappa shape index (κ1) is 11.1. The summed E-state index contributed by atoms with van der Waals surface area (Å²) in [6.07, 6.45) is 3.79. The molecule has 0 aromatic heterocycles. The zero-order valence-corrected chi connectivity index (χ0v) is 9.70. The summed E-state index contributed by atoms with van der Waals surface area (Å²) >= 11 is 3.41. The molecule has 0 radical (unpaired) electrons. The third-order valence-corrected chi connectivity index (χ3v) is 2.42. The lowest BCUT2D eigenvalue weighted by Crippen LogP contribution is -2.22. The molecule has 0 saturated carbocycles. The van der Waals surface area contributed by atoms with Crippen LogP contribution in [0.5, 0.6) is 0 Å². The van der Waals surface area contributed by atoms with Gasteiger partial charge in [-0.2, -0.15) is 0 Å². The van der Waals surface area contributed by atoms with Crippen molar-refractivity contribution < 1.29 is 0 Å². The molecule has 1 aromatic carbocycles. The molecule has 0 amide bonds. The van der Waals surface area contributed by atoms with Crippen molar-refractivity contribution in [2.24, 2.45) is 0 Å². The van der Waals surface area contributed by atoms with Crippen LogP contribution in [0.25, 0.3) is 0 Å². The SMILES string of the molecule is C=CCN(CC=C)c1ccc(Br)cc1. The summed E-state index contributed by atoms with van der Waals surface area (Å²) in [5, 5.41) is 0. The van der Waals surface area contributed by atoms with E-state index >= 15 is 0 Å². The van der Waals surface area contributed by atoms with Crippen molar-refractivity contribution in [3.05, 3.63) is 54.0 Å². The van der Waals surface area contributed by atoms with Crippen LogP contribution in [0.4, 0.5) is 5.69 Å². The number of rotatable bonds is 5. The van der Waals surface area contributed by atoms with E-state index in [1.165, 1.54) is 5.69 Å². The molecule has 0 spiro atoms. The molecule has 1 nitrogen and oxygen atoms in total. The number of halogens is 1. The Labute approximate surface area is 93.9 Å². The Bertz CT molecular complexity index is 293. The molecule has 0 aliphatic rings. The van der Waals surface area contributed by atoms with Crippen LogP contribution in [0.15, 0.2) is 54.0 Å². The number of benzene rings is 1. The molecular weight excluding hydrogens is 238 g/mol. The molecule has 1 rings (SSSR count). The zero-order valence-electron chi connectivity index (χ0n) is 8.12. The van der Waals surface area contributed by atoms with Crippen molar-refractivity contribution in [1.29, 1.82) is 0 Å². The largest absolute Gasteiger partial charge is 0.364 e. The highest BCUT2D eigenvalue weighted by molar-refractivity contribution is 9.10. The topological polar surface area (TPSA) is 3.24 Å². The van der Waals surface area contributed by atoms with Gasteiger partial charge in [0, 0.05) is 23.2 Å². The molecule has 0 fully saturated rings. The average molecular weight is 252 g/mol. The maximum atomic E-state index is 3.74. The minimum absolute atomic E-state index is 0.841. The molecule has 0 heterocycles. The van der Waals surface area contributed by atoms with Gasteiger partial charge in [0.2, 0.25) is 0 Å². The molecule has 0 saturated heterocycles. The maximum Gasteiger partial charge on any atom is 0.0372 e. The van der Waals surface area contributed by atoms with Crippen LogP contribution in [-0.2, 0) is 0 Å². The fraction of sp³-hybridized carbons (Fsp3) is 0.167. The molecule has 0 atom stereocenters. The molecular formula is C12H14BrN. The first-order valence-electron chi connectivity index (χ1n) is 4.50. The van der Waals surface area contributed by atoms with E-state index in [1.807, 2.05) is 24.3 Å². The van der Waals surface area contributed by atoms with Crippen LogP contribution in [-0.4, -0.2) is 13.1 Å². The standard InChI is InChI=1S/C12H14BrN/c1-3-9-14(10-4-2)12-7-5-11(13)6-8-12/h3-8H,1-2,9-10H2. The Hall–Kier alpha value is -1.02. The van der Waals surface area contributed by atoms with Crippen LogP contribution in [0.2, 0.25) is 0 Å². The third kappa shape index (κ3) is 3.04. The highest BCUT2D eigenvalue weighted by Crippen LogP contribution is 2.18. The van der Waals surface area contributed by atoms with Gasteiger partial charge in [0.15, 0.2) is 0 Å². The second-order valence-electron chi connectivity index (χ2n) is 2.96. The predicted molar refractivity (Wildman–Crippen MR) is 66.7 cm³/mol. The van der Waals surface area contributed by atoms with Gasteiger partial charge in [-0.05, 0) is 24.3 Å². The van der Waals surface area contributed by atoms with Crippen molar-refractivity contribution in [2.45, 2.75) is 0 Å². The van der Waals surface area contributed by atoms with Crippen molar-refractivity contribution in [3.63, 3.8) is 0 Å². The van der Waals surface area contributed by atoms with Gasteiger partial charge in [-0.3, -0.25) is 0 Å². The van der Waals surface area contributed by atoms with E-state index in [2.05, 4.69) is 46.1 Å². The number of nitrogens with zero attached hydrogens (tertiary/aromatic N) is 1. The molecule has 14 heavy (non-hydrogen) atoms. The molecule has 0 bridgehead atoms. The van der Waals surface area contributed by atoms with Crippen molar-refractivity contribution in [1.82, 2.24) is 0 Å². The first-order chi connectivity index (χ1) is 6.77. The smallest absolute Gasteiger partial charge is 0.0372 e. The van der Waals surface area contributed by atoms with E-state index < -0.39 is 0 Å². The van der Waals surface area contributed by atoms with E-state index in [0.717, 1.165) is 17.6 Å². The fourth-order valence-electron chi connectivity index (χ4n) is 1.25. The van der Waals surface area contributed by atoms with Crippen LogP contribution < -0.4 is 4.90 Å². The fourth-order valence-corrected chi connectivity index (χ4v) is 1.51. The van der Waals surface area contributed by atoms with Crippen molar-refractivity contribution in [2.75, 3.05) is 18.0 Å². The van der Waals surface area contributed by atoms with Crippen LogP contribution in [0.3, 0.4) is 0 Å². The van der Waals surface area contributed by atoms with Crippen LogP contribution in [0.1, 0.15) is 0 Å². The Kier molecular flexibility index (Phi) is 4.47. The molecule has 0 aliphatic heterocycles. The summed E-state index contributed by atoms with van der Waals surface area (Å²) in [5.74, 6) is 0. The lowest BCUT2D eigenvalue weighted by Gasteiger charge is -2.21. The van der Waals surface area contributed by atoms with E-state index in [0.29, 0.717) is 0 Å². The van der Waals surface area contributed by atoms with E-state index in [9.17, 15) is 0 Å². The van der Waals surface area contributed by atoms with Crippen LogP contribution >= 0.6 is 15.9 Å². The highest BCUT2D eigenvalue weighted by Gasteiger charge is 2.01. The second kappa shape index (κ2) is 5.66. The molecule has 0 unspecified atom stereocenters. The minimum Gasteiger partial charge on any atom is -0.364 e. The summed E-state index contributed by atoms with van der Waals surface area (Å²) in [5.41, 5.74) is 1.19. The number of hydrogen-bond donors (Lipinski definition) is 0. The lowest BCUT2D eigenvalue weighted by atomic mass is 10.3. The van der Waals surface area contributed by atoms with Gasteiger partial charge < -0.3 is 4.90 Å². The second-order valence-corrected chi connectivity index (χ2v) is 3.87. The number of anilines is 1. The maximum absolute atomic E-state index is 3.74. The summed E-state index contributed by atoms with van der Waals surface area (Å²) in [6.45, 7) is 9.16. The monoisotopic (exact) mass is 251 g/mol. The van der Waals surface area contributed by atoms with E-state index in [4.69, 9.17) is 0 Å². The zero-order chi connectivity index (χ0) is 10.4. The molecule has 2 heteroatoms. The lowest BCUT2D eigenvalue weighted by molar-refractivity contribution is 0.956. The third-order valence-electron chi connectivity index (χ3n) is 1.89.